The lowest BCUT2D eigenvalue weighted by Crippen LogP contribution is -2.31. The van der Waals surface area contributed by atoms with E-state index in [2.05, 4.69) is 10.0 Å². The van der Waals surface area contributed by atoms with Crippen LogP contribution < -0.4 is 10.0 Å². The first kappa shape index (κ1) is 23.9. The van der Waals surface area contributed by atoms with Crippen LogP contribution in [0.5, 0.6) is 0 Å². The van der Waals surface area contributed by atoms with Gasteiger partial charge in [-0.1, -0.05) is 23.2 Å². The number of β-amino-alcohol motifs (C(OH)–C–C–N with tert-alkyl or cyclic N) is 1. The first-order valence-corrected chi connectivity index (χ1v) is 11.5. The van der Waals surface area contributed by atoms with Gasteiger partial charge in [-0.3, -0.25) is 9.52 Å². The third-order valence-corrected chi connectivity index (χ3v) is 6.70. The zero-order chi connectivity index (χ0) is 23.5. The monoisotopic (exact) mass is 499 g/mol. The second-order valence-electron chi connectivity index (χ2n) is 6.68. The molecule has 0 unspecified atom stereocenters. The SMILES string of the molecule is COC(=O)C1=C(Nc2ccc(S(=O)(=O)Nc3ccc(Cl)c(Cl)c3)cc2)C(=O)N(CCO)C1. The normalized spacial score (nSPS) is 14.0. The maximum Gasteiger partial charge on any atom is 0.337 e. The molecule has 1 heterocycles. The van der Waals surface area contributed by atoms with Gasteiger partial charge in [-0.15, -0.1) is 0 Å². The van der Waals surface area contributed by atoms with Crippen molar-refractivity contribution in [3.05, 3.63) is 63.8 Å². The average molecular weight is 500 g/mol. The Morgan fingerprint density at radius 3 is 2.38 bits per heavy atom. The minimum Gasteiger partial charge on any atom is -0.466 e. The van der Waals surface area contributed by atoms with Crippen LogP contribution >= 0.6 is 23.2 Å². The fraction of sp³-hybridized carbons (Fsp3) is 0.200. The molecular weight excluding hydrogens is 481 g/mol. The Balaban J connectivity index is 1.80. The van der Waals surface area contributed by atoms with E-state index in [0.717, 1.165) is 0 Å². The number of halogens is 2. The van der Waals surface area contributed by atoms with E-state index in [4.69, 9.17) is 33.0 Å². The van der Waals surface area contributed by atoms with Gasteiger partial charge < -0.3 is 20.1 Å². The number of hydrogen-bond donors (Lipinski definition) is 3. The van der Waals surface area contributed by atoms with E-state index in [1.165, 1.54) is 54.5 Å². The number of sulfonamides is 1. The van der Waals surface area contributed by atoms with Crippen molar-refractivity contribution in [1.29, 1.82) is 0 Å². The van der Waals surface area contributed by atoms with E-state index in [1.807, 2.05) is 0 Å². The standard InChI is InChI=1S/C20H19Cl2N3O6S/c1-31-20(28)15-11-25(8-9-26)19(27)18(15)23-12-2-5-14(6-3-12)32(29,30)24-13-4-7-16(21)17(22)10-13/h2-7,10,23-24,26H,8-9,11H2,1H3. The van der Waals surface area contributed by atoms with Crippen LogP contribution in [0.4, 0.5) is 11.4 Å². The summed E-state index contributed by atoms with van der Waals surface area (Å²) in [7, 11) is -2.71. The van der Waals surface area contributed by atoms with Crippen LogP contribution in [-0.4, -0.2) is 57.1 Å². The van der Waals surface area contributed by atoms with Crippen LogP contribution in [-0.2, 0) is 24.3 Å². The summed E-state index contributed by atoms with van der Waals surface area (Å²) in [4.78, 5) is 25.9. The molecule has 1 aliphatic rings. The number of benzene rings is 2. The lowest BCUT2D eigenvalue weighted by molar-refractivity contribution is -0.136. The quantitative estimate of drug-likeness (QED) is 0.476. The molecule has 0 bridgehead atoms. The van der Waals surface area contributed by atoms with Gasteiger partial charge in [-0.05, 0) is 42.5 Å². The van der Waals surface area contributed by atoms with E-state index in [0.29, 0.717) is 10.7 Å². The summed E-state index contributed by atoms with van der Waals surface area (Å²) < 4.78 is 32.4. The molecule has 9 nitrogen and oxygen atoms in total. The minimum absolute atomic E-state index is 0.00552. The van der Waals surface area contributed by atoms with Crippen LogP contribution in [0.25, 0.3) is 0 Å². The molecule has 0 atom stereocenters. The van der Waals surface area contributed by atoms with Crippen LogP contribution in [0.1, 0.15) is 0 Å². The Labute approximate surface area is 194 Å². The zero-order valence-corrected chi connectivity index (χ0v) is 19.1. The molecule has 0 fully saturated rings. The summed E-state index contributed by atoms with van der Waals surface area (Å²) in [6.45, 7) is -0.206. The van der Waals surface area contributed by atoms with Crippen molar-refractivity contribution in [3.8, 4) is 0 Å². The zero-order valence-electron chi connectivity index (χ0n) is 16.8. The van der Waals surface area contributed by atoms with E-state index < -0.39 is 21.9 Å². The number of carbonyl (C=O) groups excluding carboxylic acids is 2. The molecule has 170 valence electrons. The van der Waals surface area contributed by atoms with Gasteiger partial charge in [0.2, 0.25) is 0 Å². The number of ether oxygens (including phenoxy) is 1. The van der Waals surface area contributed by atoms with Crippen molar-refractivity contribution in [2.45, 2.75) is 4.90 Å². The smallest absolute Gasteiger partial charge is 0.337 e. The third-order valence-electron chi connectivity index (χ3n) is 4.56. The topological polar surface area (TPSA) is 125 Å². The van der Waals surface area contributed by atoms with Gasteiger partial charge in [-0.2, -0.15) is 0 Å². The number of carbonyl (C=O) groups is 2. The van der Waals surface area contributed by atoms with Gasteiger partial charge >= 0.3 is 5.97 Å². The largest absolute Gasteiger partial charge is 0.466 e. The molecule has 0 aromatic heterocycles. The van der Waals surface area contributed by atoms with E-state index in [1.54, 1.807) is 0 Å². The molecule has 3 N–H and O–H groups in total. The van der Waals surface area contributed by atoms with E-state index >= 15 is 0 Å². The highest BCUT2D eigenvalue weighted by Crippen LogP contribution is 2.27. The molecule has 32 heavy (non-hydrogen) atoms. The van der Waals surface area contributed by atoms with Gasteiger partial charge in [-0.25, -0.2) is 13.2 Å². The molecule has 12 heteroatoms. The van der Waals surface area contributed by atoms with Crippen LogP contribution in [0.3, 0.4) is 0 Å². The molecular formula is C20H19Cl2N3O6S. The summed E-state index contributed by atoms with van der Waals surface area (Å²) in [6, 6.07) is 9.92. The fourth-order valence-electron chi connectivity index (χ4n) is 2.98. The number of anilines is 2. The van der Waals surface area contributed by atoms with Crippen molar-refractivity contribution in [1.82, 2.24) is 4.90 Å². The molecule has 0 saturated carbocycles. The van der Waals surface area contributed by atoms with Crippen molar-refractivity contribution in [2.75, 3.05) is 36.8 Å². The van der Waals surface area contributed by atoms with Gasteiger partial charge in [0, 0.05) is 12.2 Å². The highest BCUT2D eigenvalue weighted by Gasteiger charge is 2.34. The molecule has 2 aromatic rings. The molecule has 0 radical (unpaired) electrons. The molecule has 0 aliphatic carbocycles. The number of methoxy groups -OCH3 is 1. The first-order chi connectivity index (χ1) is 15.2. The number of amides is 1. The van der Waals surface area contributed by atoms with Crippen LogP contribution in [0.15, 0.2) is 58.6 Å². The van der Waals surface area contributed by atoms with Crippen LogP contribution in [0, 0.1) is 0 Å². The Hall–Kier alpha value is -2.79. The number of aliphatic hydroxyl groups excluding tert-OH is 1. The summed E-state index contributed by atoms with van der Waals surface area (Å²) >= 11 is 11.8. The predicted molar refractivity (Wildman–Crippen MR) is 120 cm³/mol. The number of aliphatic hydroxyl groups is 1. The van der Waals surface area contributed by atoms with Crippen LogP contribution in [0.2, 0.25) is 10.0 Å². The van der Waals surface area contributed by atoms with Gasteiger partial charge in [0.25, 0.3) is 15.9 Å². The number of rotatable bonds is 8. The van der Waals surface area contributed by atoms with E-state index in [9.17, 15) is 18.0 Å². The molecule has 0 saturated heterocycles. The Bertz CT molecular complexity index is 1180. The average Bonchev–Trinajstić information content (AvgIpc) is 3.06. The van der Waals surface area contributed by atoms with Crippen molar-refractivity contribution in [2.24, 2.45) is 0 Å². The second kappa shape index (κ2) is 9.78. The summed E-state index contributed by atoms with van der Waals surface area (Å²) in [6.07, 6.45) is 0. The molecule has 1 aliphatic heterocycles. The number of nitrogens with zero attached hydrogens (tertiary/aromatic N) is 1. The Morgan fingerprint density at radius 1 is 1.12 bits per heavy atom. The maximum atomic E-state index is 12.6. The van der Waals surface area contributed by atoms with Gasteiger partial charge in [0.1, 0.15) is 5.70 Å². The van der Waals surface area contributed by atoms with Gasteiger partial charge in [0.05, 0.1) is 46.5 Å². The number of hydrogen-bond acceptors (Lipinski definition) is 7. The first-order valence-electron chi connectivity index (χ1n) is 9.23. The van der Waals surface area contributed by atoms with Crippen molar-refractivity contribution in [3.63, 3.8) is 0 Å². The summed E-state index contributed by atoms with van der Waals surface area (Å²) in [5.41, 5.74) is 0.753. The fourth-order valence-corrected chi connectivity index (χ4v) is 4.33. The summed E-state index contributed by atoms with van der Waals surface area (Å²) in [5, 5.41) is 12.5. The highest BCUT2D eigenvalue weighted by molar-refractivity contribution is 7.92. The Kier molecular flexibility index (Phi) is 7.29. The lowest BCUT2D eigenvalue weighted by atomic mass is 10.2. The molecule has 1 amide bonds. The van der Waals surface area contributed by atoms with E-state index in [-0.39, 0.29) is 46.6 Å². The third kappa shape index (κ3) is 5.16. The summed E-state index contributed by atoms with van der Waals surface area (Å²) in [5.74, 6) is -1.15. The maximum absolute atomic E-state index is 12.6. The molecule has 0 spiro atoms. The number of nitrogens with one attached hydrogen (secondary N) is 2. The number of esters is 1. The highest BCUT2D eigenvalue weighted by atomic mass is 35.5. The van der Waals surface area contributed by atoms with Crippen molar-refractivity contribution >= 4 is 56.5 Å². The van der Waals surface area contributed by atoms with Crippen molar-refractivity contribution < 1.29 is 27.9 Å². The second-order valence-corrected chi connectivity index (χ2v) is 9.18. The minimum atomic E-state index is -3.91. The Morgan fingerprint density at radius 2 is 1.78 bits per heavy atom. The molecule has 3 rings (SSSR count). The predicted octanol–water partition coefficient (Wildman–Crippen LogP) is 2.47. The molecule has 2 aromatic carbocycles. The lowest BCUT2D eigenvalue weighted by Gasteiger charge is -2.15. The van der Waals surface area contributed by atoms with Gasteiger partial charge in [0.15, 0.2) is 0 Å².